The van der Waals surface area contributed by atoms with Crippen molar-refractivity contribution < 1.29 is 4.79 Å². The molecule has 2 N–H and O–H groups in total. The zero-order chi connectivity index (χ0) is 14.4. The Labute approximate surface area is 134 Å². The maximum Gasteiger partial charge on any atom is 0.234 e. The van der Waals surface area contributed by atoms with E-state index in [0.717, 1.165) is 18.9 Å². The zero-order valence-corrected chi connectivity index (χ0v) is 13.8. The summed E-state index contributed by atoms with van der Waals surface area (Å²) in [5.74, 6) is 1.46. The van der Waals surface area contributed by atoms with Gasteiger partial charge >= 0.3 is 0 Å². The van der Waals surface area contributed by atoms with Gasteiger partial charge in [0.15, 0.2) is 0 Å². The highest BCUT2D eigenvalue weighted by molar-refractivity contribution is 5.85. The summed E-state index contributed by atoms with van der Waals surface area (Å²) in [5.41, 5.74) is 1.19. The van der Waals surface area contributed by atoms with Crippen molar-refractivity contribution in [1.29, 1.82) is 0 Å². The summed E-state index contributed by atoms with van der Waals surface area (Å²) < 4.78 is 0. The molecule has 4 heteroatoms. The third-order valence-corrected chi connectivity index (χ3v) is 3.66. The average molecular weight is 311 g/mol. The molecule has 1 unspecified atom stereocenters. The van der Waals surface area contributed by atoms with Gasteiger partial charge in [-0.2, -0.15) is 0 Å². The first-order valence-corrected chi connectivity index (χ1v) is 7.70. The van der Waals surface area contributed by atoms with Crippen LogP contribution >= 0.6 is 12.4 Å². The molecule has 1 aliphatic rings. The Balaban J connectivity index is 0.00000220. The van der Waals surface area contributed by atoms with E-state index in [1.807, 2.05) is 18.2 Å². The Hall–Kier alpha value is -1.06. The van der Waals surface area contributed by atoms with Gasteiger partial charge in [0.25, 0.3) is 0 Å². The topological polar surface area (TPSA) is 41.1 Å². The lowest BCUT2D eigenvalue weighted by molar-refractivity contribution is -0.121. The number of amides is 1. The van der Waals surface area contributed by atoms with Gasteiger partial charge in [-0.15, -0.1) is 12.4 Å². The van der Waals surface area contributed by atoms with Crippen LogP contribution in [0.5, 0.6) is 0 Å². The van der Waals surface area contributed by atoms with Crippen LogP contribution in [0, 0.1) is 11.8 Å². The molecule has 1 atom stereocenters. The van der Waals surface area contributed by atoms with Gasteiger partial charge in [-0.25, -0.2) is 0 Å². The molecule has 118 valence electrons. The van der Waals surface area contributed by atoms with Crippen molar-refractivity contribution in [3.05, 3.63) is 35.9 Å². The van der Waals surface area contributed by atoms with E-state index in [1.165, 1.54) is 18.4 Å². The summed E-state index contributed by atoms with van der Waals surface area (Å²) in [5, 5.41) is 6.40. The lowest BCUT2D eigenvalue weighted by Crippen LogP contribution is -2.37. The van der Waals surface area contributed by atoms with Gasteiger partial charge in [0, 0.05) is 0 Å². The Kier molecular flexibility index (Phi) is 7.76. The summed E-state index contributed by atoms with van der Waals surface area (Å²) in [7, 11) is 0. The number of carbonyl (C=O) groups is 1. The molecule has 1 aromatic rings. The second-order valence-corrected chi connectivity index (χ2v) is 6.23. The van der Waals surface area contributed by atoms with Crippen LogP contribution in [0.3, 0.4) is 0 Å². The van der Waals surface area contributed by atoms with E-state index < -0.39 is 0 Å². The van der Waals surface area contributed by atoms with Gasteiger partial charge in [0.2, 0.25) is 5.91 Å². The van der Waals surface area contributed by atoms with Gasteiger partial charge < -0.3 is 10.6 Å². The fourth-order valence-electron chi connectivity index (χ4n) is 2.39. The minimum absolute atomic E-state index is 0. The average Bonchev–Trinajstić information content (AvgIpc) is 3.23. The Bertz CT molecular complexity index is 418. The first-order chi connectivity index (χ1) is 9.65. The number of nitrogens with one attached hydrogen (secondary N) is 2. The van der Waals surface area contributed by atoms with E-state index in [0.29, 0.717) is 12.5 Å². The molecule has 2 rings (SSSR count). The molecular formula is C17H27ClN2O. The molecule has 0 aliphatic heterocycles. The number of halogens is 1. The van der Waals surface area contributed by atoms with Gasteiger partial charge in [-0.05, 0) is 43.2 Å². The van der Waals surface area contributed by atoms with Crippen LogP contribution in [-0.4, -0.2) is 19.0 Å². The van der Waals surface area contributed by atoms with Crippen LogP contribution < -0.4 is 10.6 Å². The van der Waals surface area contributed by atoms with Gasteiger partial charge in [0.05, 0.1) is 12.6 Å². The summed E-state index contributed by atoms with van der Waals surface area (Å²) >= 11 is 0. The van der Waals surface area contributed by atoms with Crippen molar-refractivity contribution in [1.82, 2.24) is 10.6 Å². The highest BCUT2D eigenvalue weighted by Gasteiger charge is 2.21. The lowest BCUT2D eigenvalue weighted by Gasteiger charge is -2.21. The number of hydrogen-bond acceptors (Lipinski definition) is 2. The highest BCUT2D eigenvalue weighted by atomic mass is 35.5. The molecule has 0 saturated heterocycles. The van der Waals surface area contributed by atoms with Crippen molar-refractivity contribution in [3.63, 3.8) is 0 Å². The first-order valence-electron chi connectivity index (χ1n) is 7.70. The first kappa shape index (κ1) is 18.0. The summed E-state index contributed by atoms with van der Waals surface area (Å²) in [6.45, 7) is 5.78. The number of hydrogen-bond donors (Lipinski definition) is 2. The molecule has 1 amide bonds. The molecule has 0 heterocycles. The maximum atomic E-state index is 12.0. The van der Waals surface area contributed by atoms with Gasteiger partial charge in [-0.3, -0.25) is 4.79 Å². The monoisotopic (exact) mass is 310 g/mol. The summed E-state index contributed by atoms with van der Waals surface area (Å²) in [6.07, 6.45) is 3.60. The number of rotatable bonds is 8. The summed E-state index contributed by atoms with van der Waals surface area (Å²) in [4.78, 5) is 12.0. The van der Waals surface area contributed by atoms with Crippen LogP contribution in [-0.2, 0) is 4.79 Å². The SMILES string of the molecule is CC(C)CC(NC(=O)CNCC1CC1)c1ccccc1.Cl. The van der Waals surface area contributed by atoms with Crippen LogP contribution in [0.2, 0.25) is 0 Å². The Morgan fingerprint density at radius 3 is 2.48 bits per heavy atom. The smallest absolute Gasteiger partial charge is 0.234 e. The Morgan fingerprint density at radius 1 is 1.24 bits per heavy atom. The minimum Gasteiger partial charge on any atom is -0.348 e. The van der Waals surface area contributed by atoms with Crippen molar-refractivity contribution in [3.8, 4) is 0 Å². The third kappa shape index (κ3) is 6.96. The van der Waals surface area contributed by atoms with E-state index in [1.54, 1.807) is 0 Å². The van der Waals surface area contributed by atoms with Crippen molar-refractivity contribution in [2.24, 2.45) is 11.8 Å². The van der Waals surface area contributed by atoms with Crippen molar-refractivity contribution in [2.75, 3.05) is 13.1 Å². The van der Waals surface area contributed by atoms with E-state index in [9.17, 15) is 4.79 Å². The third-order valence-electron chi connectivity index (χ3n) is 3.66. The Morgan fingerprint density at radius 2 is 1.90 bits per heavy atom. The van der Waals surface area contributed by atoms with Gasteiger partial charge in [0.1, 0.15) is 0 Å². The quantitative estimate of drug-likeness (QED) is 0.773. The largest absolute Gasteiger partial charge is 0.348 e. The molecular weight excluding hydrogens is 284 g/mol. The molecule has 1 fully saturated rings. The van der Waals surface area contributed by atoms with E-state index >= 15 is 0 Å². The van der Waals surface area contributed by atoms with E-state index in [4.69, 9.17) is 0 Å². The summed E-state index contributed by atoms with van der Waals surface area (Å²) in [6, 6.07) is 10.4. The predicted molar refractivity (Wildman–Crippen MR) is 89.6 cm³/mol. The minimum atomic E-state index is 0. The molecule has 0 aromatic heterocycles. The standard InChI is InChI=1S/C17H26N2O.ClH/c1-13(2)10-16(15-6-4-3-5-7-15)19-17(20)12-18-11-14-8-9-14;/h3-7,13-14,16,18H,8-12H2,1-2H3,(H,19,20);1H. The fraction of sp³-hybridized carbons (Fsp3) is 0.588. The zero-order valence-electron chi connectivity index (χ0n) is 13.0. The molecule has 1 saturated carbocycles. The lowest BCUT2D eigenvalue weighted by atomic mass is 9.97. The molecule has 1 aromatic carbocycles. The highest BCUT2D eigenvalue weighted by Crippen LogP contribution is 2.27. The second-order valence-electron chi connectivity index (χ2n) is 6.23. The number of carbonyl (C=O) groups excluding carboxylic acids is 1. The van der Waals surface area contributed by atoms with E-state index in [2.05, 4.69) is 36.6 Å². The number of benzene rings is 1. The molecule has 3 nitrogen and oxygen atoms in total. The fourth-order valence-corrected chi connectivity index (χ4v) is 2.39. The molecule has 21 heavy (non-hydrogen) atoms. The van der Waals surface area contributed by atoms with Crippen LogP contribution in [0.1, 0.15) is 44.7 Å². The second kappa shape index (κ2) is 9.06. The van der Waals surface area contributed by atoms with Crippen LogP contribution in [0.25, 0.3) is 0 Å². The van der Waals surface area contributed by atoms with Gasteiger partial charge in [-0.1, -0.05) is 44.2 Å². The van der Waals surface area contributed by atoms with Crippen LogP contribution in [0.4, 0.5) is 0 Å². The normalized spacial score (nSPS) is 15.4. The van der Waals surface area contributed by atoms with Crippen LogP contribution in [0.15, 0.2) is 30.3 Å². The van der Waals surface area contributed by atoms with Crippen molar-refractivity contribution in [2.45, 2.75) is 39.2 Å². The maximum absolute atomic E-state index is 12.0. The molecule has 0 radical (unpaired) electrons. The molecule has 0 spiro atoms. The molecule has 0 bridgehead atoms. The molecule has 1 aliphatic carbocycles. The van der Waals surface area contributed by atoms with Crippen molar-refractivity contribution >= 4 is 18.3 Å². The predicted octanol–water partition coefficient (Wildman–Crippen LogP) is 3.31. The van der Waals surface area contributed by atoms with E-state index in [-0.39, 0.29) is 24.4 Å².